The van der Waals surface area contributed by atoms with Gasteiger partial charge in [0.2, 0.25) is 5.91 Å². The predicted octanol–water partition coefficient (Wildman–Crippen LogP) is 2.56. The number of hydrogen-bond acceptors (Lipinski definition) is 3. The second kappa shape index (κ2) is 6.64. The molecule has 5 heteroatoms. The van der Waals surface area contributed by atoms with Crippen LogP contribution in [0.4, 0.5) is 0 Å². The molecule has 19 heavy (non-hydrogen) atoms. The van der Waals surface area contributed by atoms with Gasteiger partial charge in [-0.2, -0.15) is 11.8 Å². The average Bonchev–Trinajstić information content (AvgIpc) is 2.46. The van der Waals surface area contributed by atoms with E-state index in [9.17, 15) is 4.79 Å². The molecule has 1 fully saturated rings. The van der Waals surface area contributed by atoms with Crippen LogP contribution in [-0.4, -0.2) is 41.9 Å². The van der Waals surface area contributed by atoms with Gasteiger partial charge >= 0.3 is 0 Å². The topological polar surface area (TPSA) is 32.3 Å². The number of thioether (sulfide) groups is 1. The molecule has 1 amide bonds. The molecule has 1 aromatic carbocycles. The first-order valence-electron chi connectivity index (χ1n) is 6.43. The summed E-state index contributed by atoms with van der Waals surface area (Å²) < 4.78 is 0. The van der Waals surface area contributed by atoms with Crippen molar-refractivity contribution in [2.24, 2.45) is 0 Å². The van der Waals surface area contributed by atoms with E-state index in [0.717, 1.165) is 23.6 Å². The summed E-state index contributed by atoms with van der Waals surface area (Å²) in [5.41, 5.74) is 0.989. The van der Waals surface area contributed by atoms with Gasteiger partial charge in [0.05, 0.1) is 12.1 Å². The minimum Gasteiger partial charge on any atom is -0.338 e. The molecule has 0 aliphatic carbocycles. The Morgan fingerprint density at radius 3 is 2.89 bits per heavy atom. The van der Waals surface area contributed by atoms with Crippen LogP contribution in [0.15, 0.2) is 24.3 Å². The molecule has 0 bridgehead atoms. The van der Waals surface area contributed by atoms with Crippen molar-refractivity contribution in [1.82, 2.24) is 10.2 Å². The van der Waals surface area contributed by atoms with Gasteiger partial charge in [-0.15, -0.1) is 0 Å². The van der Waals surface area contributed by atoms with E-state index < -0.39 is 0 Å². The van der Waals surface area contributed by atoms with Crippen molar-refractivity contribution in [3.05, 3.63) is 34.9 Å². The maximum atomic E-state index is 12.4. The number of nitrogens with one attached hydrogen (secondary N) is 1. The minimum absolute atomic E-state index is 0.0186. The number of hydrogen-bond donors (Lipinski definition) is 1. The molecule has 3 nitrogen and oxygen atoms in total. The predicted molar refractivity (Wildman–Crippen MR) is 81.8 cm³/mol. The Morgan fingerprint density at radius 2 is 2.26 bits per heavy atom. The summed E-state index contributed by atoms with van der Waals surface area (Å²) >= 11 is 8.02. The number of benzene rings is 1. The van der Waals surface area contributed by atoms with Gasteiger partial charge in [0, 0.05) is 30.1 Å². The number of carbonyl (C=O) groups excluding carboxylic acids is 1. The number of amides is 1. The minimum atomic E-state index is -0.0753. The molecule has 1 saturated heterocycles. The van der Waals surface area contributed by atoms with Crippen LogP contribution in [0.2, 0.25) is 5.02 Å². The van der Waals surface area contributed by atoms with E-state index in [1.807, 2.05) is 50.0 Å². The Balaban J connectivity index is 2.08. The van der Waals surface area contributed by atoms with Crippen molar-refractivity contribution in [2.45, 2.75) is 19.0 Å². The van der Waals surface area contributed by atoms with Crippen LogP contribution in [-0.2, 0) is 4.79 Å². The molecule has 1 aliphatic rings. The number of nitrogens with zero attached hydrogens (tertiary/aromatic N) is 1. The van der Waals surface area contributed by atoms with Crippen molar-refractivity contribution in [1.29, 1.82) is 0 Å². The van der Waals surface area contributed by atoms with Crippen LogP contribution in [0.3, 0.4) is 0 Å². The highest BCUT2D eigenvalue weighted by Gasteiger charge is 2.27. The molecule has 104 valence electrons. The Kier molecular flexibility index (Phi) is 5.13. The molecule has 0 spiro atoms. The number of likely N-dealkylation sites (N-methyl/N-ethyl adjacent to an activating group) is 1. The zero-order valence-electron chi connectivity index (χ0n) is 11.2. The van der Waals surface area contributed by atoms with Gasteiger partial charge in [0.25, 0.3) is 0 Å². The molecule has 0 saturated carbocycles. The molecular formula is C14H19ClN2OS. The number of halogens is 1. The van der Waals surface area contributed by atoms with Gasteiger partial charge in [-0.1, -0.05) is 29.8 Å². The van der Waals surface area contributed by atoms with Crippen LogP contribution in [0.1, 0.15) is 18.5 Å². The molecule has 1 N–H and O–H groups in total. The summed E-state index contributed by atoms with van der Waals surface area (Å²) in [6, 6.07) is 7.59. The first-order valence-corrected chi connectivity index (χ1v) is 7.96. The van der Waals surface area contributed by atoms with Crippen LogP contribution < -0.4 is 5.32 Å². The third kappa shape index (κ3) is 3.44. The summed E-state index contributed by atoms with van der Waals surface area (Å²) in [6.07, 6.45) is 0. The van der Waals surface area contributed by atoms with Crippen molar-refractivity contribution in [3.8, 4) is 0 Å². The summed E-state index contributed by atoms with van der Waals surface area (Å²) in [5.74, 6) is 2.06. The highest BCUT2D eigenvalue weighted by atomic mass is 35.5. The SMILES string of the molecule is CC(c1ccccc1Cl)N(C)C(=O)C1CSCCN1. The second-order valence-electron chi connectivity index (χ2n) is 4.73. The molecular weight excluding hydrogens is 280 g/mol. The van der Waals surface area contributed by atoms with Gasteiger partial charge in [-0.25, -0.2) is 0 Å². The molecule has 2 atom stereocenters. The Bertz CT molecular complexity index is 449. The first-order chi connectivity index (χ1) is 9.11. The van der Waals surface area contributed by atoms with Crippen LogP contribution >= 0.6 is 23.4 Å². The molecule has 2 rings (SSSR count). The van der Waals surface area contributed by atoms with Gasteiger partial charge in [0.1, 0.15) is 0 Å². The number of carbonyl (C=O) groups is 1. The van der Waals surface area contributed by atoms with Gasteiger partial charge in [0.15, 0.2) is 0 Å². The molecule has 2 unspecified atom stereocenters. The molecule has 1 aliphatic heterocycles. The maximum Gasteiger partial charge on any atom is 0.240 e. The molecule has 0 aromatic heterocycles. The fourth-order valence-corrected chi connectivity index (χ4v) is 3.40. The van der Waals surface area contributed by atoms with Crippen molar-refractivity contribution in [3.63, 3.8) is 0 Å². The van der Waals surface area contributed by atoms with Crippen molar-refractivity contribution >= 4 is 29.3 Å². The standard InChI is InChI=1S/C14H19ClN2OS/c1-10(11-5-3-4-6-12(11)15)17(2)14(18)13-9-19-8-7-16-13/h3-6,10,13,16H,7-9H2,1-2H3. The highest BCUT2D eigenvalue weighted by molar-refractivity contribution is 7.99. The monoisotopic (exact) mass is 298 g/mol. The third-order valence-electron chi connectivity index (χ3n) is 3.50. The van der Waals surface area contributed by atoms with E-state index in [2.05, 4.69) is 5.32 Å². The van der Waals surface area contributed by atoms with Crippen LogP contribution in [0.5, 0.6) is 0 Å². The first kappa shape index (κ1) is 14.7. The van der Waals surface area contributed by atoms with E-state index in [1.165, 1.54) is 0 Å². The van der Waals surface area contributed by atoms with E-state index >= 15 is 0 Å². The molecule has 0 radical (unpaired) electrons. The lowest BCUT2D eigenvalue weighted by Gasteiger charge is -2.31. The fourth-order valence-electron chi connectivity index (χ4n) is 2.18. The van der Waals surface area contributed by atoms with Crippen molar-refractivity contribution in [2.75, 3.05) is 25.1 Å². The normalized spacial score (nSPS) is 20.9. The number of rotatable bonds is 3. The van der Waals surface area contributed by atoms with E-state index in [-0.39, 0.29) is 18.0 Å². The lowest BCUT2D eigenvalue weighted by molar-refractivity contribution is -0.133. The third-order valence-corrected chi connectivity index (χ3v) is 4.91. The van der Waals surface area contributed by atoms with E-state index in [1.54, 1.807) is 4.90 Å². The largest absolute Gasteiger partial charge is 0.338 e. The Morgan fingerprint density at radius 1 is 1.53 bits per heavy atom. The maximum absolute atomic E-state index is 12.4. The summed E-state index contributed by atoms with van der Waals surface area (Å²) in [5, 5.41) is 3.98. The highest BCUT2D eigenvalue weighted by Crippen LogP contribution is 2.27. The Hall–Kier alpha value is -0.710. The smallest absolute Gasteiger partial charge is 0.240 e. The zero-order chi connectivity index (χ0) is 13.8. The van der Waals surface area contributed by atoms with Crippen molar-refractivity contribution < 1.29 is 4.79 Å². The van der Waals surface area contributed by atoms with Gasteiger partial charge < -0.3 is 10.2 Å². The van der Waals surface area contributed by atoms with Crippen LogP contribution in [0.25, 0.3) is 0 Å². The average molecular weight is 299 g/mol. The lowest BCUT2D eigenvalue weighted by atomic mass is 10.1. The summed E-state index contributed by atoms with van der Waals surface area (Å²) in [7, 11) is 1.84. The van der Waals surface area contributed by atoms with Gasteiger partial charge in [-0.05, 0) is 18.6 Å². The van der Waals surface area contributed by atoms with Crippen LogP contribution in [0, 0.1) is 0 Å². The zero-order valence-corrected chi connectivity index (χ0v) is 12.8. The lowest BCUT2D eigenvalue weighted by Crippen LogP contribution is -2.50. The summed E-state index contributed by atoms with van der Waals surface area (Å²) in [6.45, 7) is 2.91. The molecule has 1 heterocycles. The van der Waals surface area contributed by atoms with Gasteiger partial charge in [-0.3, -0.25) is 4.79 Å². The molecule has 1 aromatic rings. The second-order valence-corrected chi connectivity index (χ2v) is 6.29. The Labute approximate surface area is 123 Å². The fraction of sp³-hybridized carbons (Fsp3) is 0.500. The van der Waals surface area contributed by atoms with E-state index in [0.29, 0.717) is 5.02 Å². The van der Waals surface area contributed by atoms with E-state index in [4.69, 9.17) is 11.6 Å². The summed E-state index contributed by atoms with van der Waals surface area (Å²) in [4.78, 5) is 14.2. The quantitative estimate of drug-likeness (QED) is 0.931.